The summed E-state index contributed by atoms with van der Waals surface area (Å²) in [5.41, 5.74) is 3.52. The molecule has 0 spiro atoms. The van der Waals surface area contributed by atoms with Crippen LogP contribution in [0.1, 0.15) is 40.9 Å². The molecular weight excluding hydrogens is 364 g/mol. The molecule has 7 heteroatoms. The molecule has 4 rings (SSSR count). The van der Waals surface area contributed by atoms with Crippen molar-refractivity contribution in [2.45, 2.75) is 38.8 Å². The molecule has 150 valence electrons. The molecule has 1 unspecified atom stereocenters. The molecule has 0 aliphatic carbocycles. The Morgan fingerprint density at radius 1 is 1.24 bits per heavy atom. The van der Waals surface area contributed by atoms with E-state index in [1.807, 2.05) is 48.2 Å². The maximum Gasteiger partial charge on any atom is 0.254 e. The van der Waals surface area contributed by atoms with Crippen LogP contribution in [0, 0.1) is 6.92 Å². The lowest BCUT2D eigenvalue weighted by molar-refractivity contribution is 0.0642. The van der Waals surface area contributed by atoms with Crippen molar-refractivity contribution in [3.8, 4) is 5.69 Å². The van der Waals surface area contributed by atoms with Crippen LogP contribution in [0.4, 0.5) is 0 Å². The van der Waals surface area contributed by atoms with Gasteiger partial charge in [0.05, 0.1) is 17.9 Å². The Hall–Kier alpha value is -3.06. The van der Waals surface area contributed by atoms with E-state index in [1.165, 1.54) is 6.33 Å². The fourth-order valence-electron chi connectivity index (χ4n) is 3.89. The van der Waals surface area contributed by atoms with Crippen molar-refractivity contribution in [1.82, 2.24) is 30.0 Å². The molecule has 1 atom stereocenters. The Bertz CT molecular complexity index is 933. The van der Waals surface area contributed by atoms with Crippen LogP contribution in [0.3, 0.4) is 0 Å². The van der Waals surface area contributed by atoms with Crippen LogP contribution < -0.4 is 5.32 Å². The quantitative estimate of drug-likeness (QED) is 0.725. The smallest absolute Gasteiger partial charge is 0.254 e. The van der Waals surface area contributed by atoms with Crippen molar-refractivity contribution in [1.29, 1.82) is 0 Å². The minimum absolute atomic E-state index is 0.0517. The number of pyridine rings is 1. The van der Waals surface area contributed by atoms with Crippen molar-refractivity contribution in [3.05, 3.63) is 72.1 Å². The highest BCUT2D eigenvalue weighted by molar-refractivity contribution is 5.95. The number of hydrogen-bond donors (Lipinski definition) is 1. The molecule has 1 aliphatic rings. The van der Waals surface area contributed by atoms with E-state index < -0.39 is 0 Å². The van der Waals surface area contributed by atoms with Gasteiger partial charge in [-0.15, -0.1) is 0 Å². The van der Waals surface area contributed by atoms with Gasteiger partial charge in [0.15, 0.2) is 0 Å². The van der Waals surface area contributed by atoms with E-state index in [1.54, 1.807) is 17.2 Å². The average Bonchev–Trinajstić information content (AvgIpc) is 3.14. The van der Waals surface area contributed by atoms with Gasteiger partial charge in [-0.2, -0.15) is 5.10 Å². The number of rotatable bonds is 5. The third-order valence-electron chi connectivity index (χ3n) is 5.41. The summed E-state index contributed by atoms with van der Waals surface area (Å²) in [6.07, 6.45) is 7.98. The molecule has 1 fully saturated rings. The van der Waals surface area contributed by atoms with Gasteiger partial charge in [0.25, 0.3) is 5.91 Å². The number of amides is 1. The van der Waals surface area contributed by atoms with Crippen molar-refractivity contribution in [2.75, 3.05) is 13.1 Å². The molecule has 1 N–H and O–H groups in total. The van der Waals surface area contributed by atoms with Crippen LogP contribution in [0.2, 0.25) is 0 Å². The van der Waals surface area contributed by atoms with Gasteiger partial charge in [-0.3, -0.25) is 9.78 Å². The average molecular weight is 390 g/mol. The second kappa shape index (κ2) is 8.96. The van der Waals surface area contributed by atoms with Gasteiger partial charge in [0.1, 0.15) is 12.7 Å². The minimum Gasteiger partial charge on any atom is -0.330 e. The molecule has 29 heavy (non-hydrogen) atoms. The van der Waals surface area contributed by atoms with E-state index in [2.05, 4.69) is 20.4 Å². The zero-order valence-electron chi connectivity index (χ0n) is 16.7. The lowest BCUT2D eigenvalue weighted by atomic mass is 10.0. The summed E-state index contributed by atoms with van der Waals surface area (Å²) in [5.74, 6) is 0.0517. The van der Waals surface area contributed by atoms with Crippen LogP contribution in [-0.4, -0.2) is 49.7 Å². The van der Waals surface area contributed by atoms with Crippen molar-refractivity contribution in [3.63, 3.8) is 0 Å². The number of hydrogen-bond acceptors (Lipinski definition) is 5. The first kappa shape index (κ1) is 19.3. The molecule has 3 aromatic rings. The van der Waals surface area contributed by atoms with Crippen LogP contribution in [0.25, 0.3) is 5.69 Å². The second-order valence-corrected chi connectivity index (χ2v) is 7.43. The number of carbonyl (C=O) groups is 1. The van der Waals surface area contributed by atoms with Gasteiger partial charge in [-0.1, -0.05) is 6.07 Å². The van der Waals surface area contributed by atoms with Crippen molar-refractivity contribution in [2.24, 2.45) is 0 Å². The zero-order chi connectivity index (χ0) is 20.1. The lowest BCUT2D eigenvalue weighted by Gasteiger charge is -2.31. The monoisotopic (exact) mass is 390 g/mol. The topological polar surface area (TPSA) is 75.9 Å². The fourth-order valence-corrected chi connectivity index (χ4v) is 3.89. The van der Waals surface area contributed by atoms with Gasteiger partial charge >= 0.3 is 0 Å². The molecule has 1 aromatic carbocycles. The van der Waals surface area contributed by atoms with Crippen LogP contribution >= 0.6 is 0 Å². The fraction of sp³-hybridized carbons (Fsp3) is 0.364. The third kappa shape index (κ3) is 4.51. The number of carbonyl (C=O) groups excluding carboxylic acids is 1. The first-order valence-corrected chi connectivity index (χ1v) is 10.1. The maximum atomic E-state index is 13.6. The Balaban J connectivity index is 1.62. The molecular formula is C22H26N6O. The highest BCUT2D eigenvalue weighted by atomic mass is 16.2. The van der Waals surface area contributed by atoms with Gasteiger partial charge in [-0.25, -0.2) is 9.67 Å². The molecule has 7 nitrogen and oxygen atoms in total. The zero-order valence-corrected chi connectivity index (χ0v) is 16.7. The van der Waals surface area contributed by atoms with Crippen LogP contribution in [0.5, 0.6) is 0 Å². The molecule has 3 heterocycles. The number of nitrogens with one attached hydrogen (secondary N) is 1. The molecule has 1 aliphatic heterocycles. The Labute approximate surface area is 170 Å². The van der Waals surface area contributed by atoms with Crippen molar-refractivity contribution < 1.29 is 4.79 Å². The summed E-state index contributed by atoms with van der Waals surface area (Å²) in [6.45, 7) is 4.45. The van der Waals surface area contributed by atoms with Crippen molar-refractivity contribution >= 4 is 5.91 Å². The van der Waals surface area contributed by atoms with Gasteiger partial charge in [0, 0.05) is 17.8 Å². The van der Waals surface area contributed by atoms with E-state index in [0.717, 1.165) is 49.3 Å². The Morgan fingerprint density at radius 2 is 2.17 bits per heavy atom. The molecule has 1 amide bonds. The predicted molar refractivity (Wildman–Crippen MR) is 111 cm³/mol. The molecule has 2 aromatic heterocycles. The Morgan fingerprint density at radius 3 is 2.93 bits per heavy atom. The third-order valence-corrected chi connectivity index (χ3v) is 5.41. The van der Waals surface area contributed by atoms with Gasteiger partial charge in [0.2, 0.25) is 0 Å². The summed E-state index contributed by atoms with van der Waals surface area (Å²) in [4.78, 5) is 24.0. The Kier molecular flexibility index (Phi) is 5.95. The van der Waals surface area contributed by atoms with E-state index >= 15 is 0 Å². The summed E-state index contributed by atoms with van der Waals surface area (Å²) < 4.78 is 1.71. The number of benzene rings is 1. The van der Waals surface area contributed by atoms with Crippen LogP contribution in [-0.2, 0) is 6.54 Å². The minimum atomic E-state index is 0.0517. The summed E-state index contributed by atoms with van der Waals surface area (Å²) in [5, 5.41) is 7.63. The SMILES string of the molecule is Cc1cc(C(=O)N(Cc2ccccn2)C2CCCNCC2)ccc1-n1cncn1. The summed E-state index contributed by atoms with van der Waals surface area (Å²) >= 11 is 0. The molecule has 1 saturated heterocycles. The molecule has 0 radical (unpaired) electrons. The van der Waals surface area contributed by atoms with E-state index in [0.29, 0.717) is 12.1 Å². The number of aryl methyl sites for hydroxylation is 1. The van der Waals surface area contributed by atoms with Crippen LogP contribution in [0.15, 0.2) is 55.2 Å². The predicted octanol–water partition coefficient (Wildman–Crippen LogP) is 2.76. The normalized spacial score (nSPS) is 16.9. The van der Waals surface area contributed by atoms with Gasteiger partial charge < -0.3 is 10.2 Å². The second-order valence-electron chi connectivity index (χ2n) is 7.43. The number of nitrogens with zero attached hydrogens (tertiary/aromatic N) is 5. The largest absolute Gasteiger partial charge is 0.330 e. The first-order chi connectivity index (χ1) is 14.2. The van der Waals surface area contributed by atoms with E-state index in [4.69, 9.17) is 0 Å². The highest BCUT2D eigenvalue weighted by Crippen LogP contribution is 2.22. The summed E-state index contributed by atoms with van der Waals surface area (Å²) in [7, 11) is 0. The van der Waals surface area contributed by atoms with E-state index in [-0.39, 0.29) is 11.9 Å². The highest BCUT2D eigenvalue weighted by Gasteiger charge is 2.26. The summed E-state index contributed by atoms with van der Waals surface area (Å²) in [6, 6.07) is 11.8. The molecule has 0 saturated carbocycles. The number of aromatic nitrogens is 4. The molecule has 0 bridgehead atoms. The lowest BCUT2D eigenvalue weighted by Crippen LogP contribution is -2.40. The van der Waals surface area contributed by atoms with Gasteiger partial charge in [-0.05, 0) is 75.2 Å². The standard InChI is InChI=1S/C22H26N6O/c1-17-13-18(7-8-21(17)28-16-24-15-26-28)22(29)27(14-19-5-2-3-11-25-19)20-6-4-10-23-12-9-20/h2-3,5,7-8,11,13,15-16,20,23H,4,6,9-10,12,14H2,1H3. The first-order valence-electron chi connectivity index (χ1n) is 10.1. The van der Waals surface area contributed by atoms with E-state index in [9.17, 15) is 4.79 Å². The maximum absolute atomic E-state index is 13.6.